The minimum atomic E-state index is -0.00861. The Morgan fingerprint density at radius 3 is 2.56 bits per heavy atom. The zero-order chi connectivity index (χ0) is 17.6. The van der Waals surface area contributed by atoms with Gasteiger partial charge in [-0.05, 0) is 55.6 Å². The van der Waals surface area contributed by atoms with Crippen LogP contribution in [-0.2, 0) is 13.1 Å². The highest BCUT2D eigenvalue weighted by atomic mass is 32.1. The molecule has 2 heterocycles. The van der Waals surface area contributed by atoms with Crippen molar-refractivity contribution in [3.05, 3.63) is 76.4 Å². The minimum Gasteiger partial charge on any atom is -0.491 e. The second-order valence-corrected chi connectivity index (χ2v) is 7.10. The Hall–Kier alpha value is -2.53. The van der Waals surface area contributed by atoms with Crippen LogP contribution in [0.3, 0.4) is 0 Å². The molecule has 0 aliphatic carbocycles. The van der Waals surface area contributed by atoms with Crippen LogP contribution in [-0.4, -0.2) is 16.9 Å². The van der Waals surface area contributed by atoms with E-state index < -0.39 is 0 Å². The maximum absolute atomic E-state index is 13.0. The zero-order valence-corrected chi connectivity index (χ0v) is 15.2. The van der Waals surface area contributed by atoms with Gasteiger partial charge in [0.2, 0.25) is 0 Å². The van der Waals surface area contributed by atoms with Crippen molar-refractivity contribution < 1.29 is 13.9 Å². The molecule has 5 heteroatoms. The number of nitrogens with zero attached hydrogens (tertiary/aromatic N) is 1. The molecule has 130 valence electrons. The lowest BCUT2D eigenvalue weighted by Crippen LogP contribution is -2.29. The van der Waals surface area contributed by atoms with Gasteiger partial charge >= 0.3 is 0 Å². The van der Waals surface area contributed by atoms with Crippen LogP contribution in [0.1, 0.15) is 34.6 Å². The molecule has 1 aromatic carbocycles. The van der Waals surface area contributed by atoms with Crippen LogP contribution in [0.15, 0.2) is 64.8 Å². The Labute approximate surface area is 151 Å². The molecule has 3 rings (SSSR count). The van der Waals surface area contributed by atoms with E-state index >= 15 is 0 Å². The predicted octanol–water partition coefficient (Wildman–Crippen LogP) is 4.97. The topological polar surface area (TPSA) is 42.7 Å². The lowest BCUT2D eigenvalue weighted by atomic mass is 10.1. The Balaban J connectivity index is 1.77. The fourth-order valence-electron chi connectivity index (χ4n) is 2.52. The molecule has 0 saturated carbocycles. The summed E-state index contributed by atoms with van der Waals surface area (Å²) in [4.78, 5) is 16.0. The van der Waals surface area contributed by atoms with E-state index in [0.29, 0.717) is 18.7 Å². The maximum atomic E-state index is 13.0. The second kappa shape index (κ2) is 8.03. The van der Waals surface area contributed by atoms with Crippen LogP contribution in [0, 0.1) is 0 Å². The second-order valence-electron chi connectivity index (χ2n) is 6.06. The van der Waals surface area contributed by atoms with E-state index in [9.17, 15) is 4.79 Å². The molecule has 0 spiro atoms. The van der Waals surface area contributed by atoms with Crippen LogP contribution in [0.5, 0.6) is 5.75 Å². The Morgan fingerprint density at radius 1 is 1.16 bits per heavy atom. The fraction of sp³-hybridized carbons (Fsp3) is 0.250. The average molecular weight is 355 g/mol. The molecule has 0 atom stereocenters. The van der Waals surface area contributed by atoms with Gasteiger partial charge in [0.1, 0.15) is 5.75 Å². The first-order chi connectivity index (χ1) is 12.1. The number of thiophene rings is 1. The Bertz CT molecular complexity index is 741. The predicted molar refractivity (Wildman–Crippen MR) is 98.8 cm³/mol. The molecule has 4 nitrogen and oxygen atoms in total. The van der Waals surface area contributed by atoms with Crippen LogP contribution in [0.4, 0.5) is 0 Å². The smallest absolute Gasteiger partial charge is 0.254 e. The third-order valence-corrected chi connectivity index (χ3v) is 4.50. The summed E-state index contributed by atoms with van der Waals surface area (Å²) in [5, 5.41) is 2.02. The van der Waals surface area contributed by atoms with E-state index in [-0.39, 0.29) is 12.0 Å². The van der Waals surface area contributed by atoms with E-state index in [1.165, 1.54) is 0 Å². The number of carbonyl (C=O) groups excluding carboxylic acids is 1. The first-order valence-corrected chi connectivity index (χ1v) is 9.09. The molecule has 0 bridgehead atoms. The molecule has 0 aliphatic heterocycles. The zero-order valence-electron chi connectivity index (χ0n) is 14.3. The van der Waals surface area contributed by atoms with Crippen molar-refractivity contribution in [1.82, 2.24) is 4.90 Å². The van der Waals surface area contributed by atoms with Gasteiger partial charge in [0, 0.05) is 22.5 Å². The monoisotopic (exact) mass is 355 g/mol. The molecule has 2 aromatic heterocycles. The molecule has 0 aliphatic rings. The number of ether oxygens (including phenoxy) is 1. The third-order valence-electron chi connectivity index (χ3n) is 3.64. The summed E-state index contributed by atoms with van der Waals surface area (Å²) in [6, 6.07) is 13.2. The standard InChI is InChI=1S/C20H21NO3S/c1-15(2)24-18-7-5-17(6-8-18)20(22)21(12-16-9-10-23-14-16)13-19-4-3-11-25-19/h3-11,14-15H,12-13H2,1-2H3. The maximum Gasteiger partial charge on any atom is 0.254 e. The average Bonchev–Trinajstić information content (AvgIpc) is 3.28. The molecule has 0 fully saturated rings. The van der Waals surface area contributed by atoms with Crippen molar-refractivity contribution in [3.8, 4) is 5.75 Å². The lowest BCUT2D eigenvalue weighted by Gasteiger charge is -2.22. The summed E-state index contributed by atoms with van der Waals surface area (Å²) in [5.74, 6) is 0.761. The van der Waals surface area contributed by atoms with Crippen LogP contribution >= 0.6 is 11.3 Å². The number of rotatable bonds is 7. The third kappa shape index (κ3) is 4.73. The van der Waals surface area contributed by atoms with E-state index in [2.05, 4.69) is 0 Å². The molecular formula is C20H21NO3S. The van der Waals surface area contributed by atoms with Gasteiger partial charge < -0.3 is 14.1 Å². The van der Waals surface area contributed by atoms with Crippen molar-refractivity contribution in [2.45, 2.75) is 33.0 Å². The number of amides is 1. The molecule has 0 radical (unpaired) electrons. The summed E-state index contributed by atoms with van der Waals surface area (Å²) < 4.78 is 10.8. The van der Waals surface area contributed by atoms with Crippen molar-refractivity contribution >= 4 is 17.2 Å². The van der Waals surface area contributed by atoms with Gasteiger partial charge in [0.25, 0.3) is 5.91 Å². The molecule has 0 unspecified atom stereocenters. The molecule has 3 aromatic rings. The summed E-state index contributed by atoms with van der Waals surface area (Å²) >= 11 is 1.65. The minimum absolute atomic E-state index is 0.00861. The van der Waals surface area contributed by atoms with E-state index in [1.54, 1.807) is 23.9 Å². The quantitative estimate of drug-likeness (QED) is 0.601. The summed E-state index contributed by atoms with van der Waals surface area (Å²) in [6.07, 6.45) is 3.41. The van der Waals surface area contributed by atoms with Gasteiger partial charge in [-0.15, -0.1) is 11.3 Å². The number of hydrogen-bond donors (Lipinski definition) is 0. The lowest BCUT2D eigenvalue weighted by molar-refractivity contribution is 0.0731. The van der Waals surface area contributed by atoms with Crippen molar-refractivity contribution in [2.75, 3.05) is 0 Å². The van der Waals surface area contributed by atoms with Crippen LogP contribution in [0.25, 0.3) is 0 Å². The Morgan fingerprint density at radius 2 is 1.96 bits per heavy atom. The number of carbonyl (C=O) groups is 1. The molecule has 0 N–H and O–H groups in total. The highest BCUT2D eigenvalue weighted by Gasteiger charge is 2.18. The number of hydrogen-bond acceptors (Lipinski definition) is 4. The van der Waals surface area contributed by atoms with Gasteiger partial charge in [0.05, 0.1) is 25.2 Å². The summed E-state index contributed by atoms with van der Waals surface area (Å²) in [6.45, 7) is 5.04. The van der Waals surface area contributed by atoms with Gasteiger partial charge in [-0.1, -0.05) is 6.07 Å². The van der Waals surface area contributed by atoms with E-state index in [1.807, 2.05) is 66.6 Å². The van der Waals surface area contributed by atoms with Crippen LogP contribution < -0.4 is 4.74 Å². The van der Waals surface area contributed by atoms with E-state index in [4.69, 9.17) is 9.15 Å². The van der Waals surface area contributed by atoms with Crippen molar-refractivity contribution in [3.63, 3.8) is 0 Å². The SMILES string of the molecule is CC(C)Oc1ccc(C(=O)N(Cc2ccoc2)Cc2cccs2)cc1. The van der Waals surface area contributed by atoms with E-state index in [0.717, 1.165) is 16.2 Å². The Kier molecular flexibility index (Phi) is 5.56. The highest BCUT2D eigenvalue weighted by molar-refractivity contribution is 7.09. The van der Waals surface area contributed by atoms with Gasteiger partial charge in [-0.2, -0.15) is 0 Å². The van der Waals surface area contributed by atoms with Gasteiger partial charge in [0.15, 0.2) is 0 Å². The first-order valence-electron chi connectivity index (χ1n) is 8.21. The number of benzene rings is 1. The molecule has 1 amide bonds. The first kappa shape index (κ1) is 17.3. The molecular weight excluding hydrogens is 334 g/mol. The molecule has 0 saturated heterocycles. The number of furan rings is 1. The molecule has 25 heavy (non-hydrogen) atoms. The van der Waals surface area contributed by atoms with Gasteiger partial charge in [-0.25, -0.2) is 0 Å². The normalized spacial score (nSPS) is 10.8. The van der Waals surface area contributed by atoms with Crippen LogP contribution in [0.2, 0.25) is 0 Å². The summed E-state index contributed by atoms with van der Waals surface area (Å²) in [7, 11) is 0. The van der Waals surface area contributed by atoms with Gasteiger partial charge in [-0.3, -0.25) is 4.79 Å². The summed E-state index contributed by atoms with van der Waals surface area (Å²) in [5.41, 5.74) is 1.63. The van der Waals surface area contributed by atoms with Crippen molar-refractivity contribution in [2.24, 2.45) is 0 Å². The highest BCUT2D eigenvalue weighted by Crippen LogP contribution is 2.19. The van der Waals surface area contributed by atoms with Crippen molar-refractivity contribution in [1.29, 1.82) is 0 Å². The largest absolute Gasteiger partial charge is 0.491 e. The fourth-order valence-corrected chi connectivity index (χ4v) is 3.24.